The molecule has 0 aromatic heterocycles. The van der Waals surface area contributed by atoms with E-state index in [-0.39, 0.29) is 16.8 Å². The fourth-order valence-electron chi connectivity index (χ4n) is 3.56. The molecule has 0 radical (unpaired) electrons. The van der Waals surface area contributed by atoms with Crippen LogP contribution in [-0.2, 0) is 10.0 Å². The van der Waals surface area contributed by atoms with Crippen LogP contribution in [0.2, 0.25) is 0 Å². The minimum absolute atomic E-state index is 0.0446. The monoisotopic (exact) mass is 416 g/mol. The van der Waals surface area contributed by atoms with Gasteiger partial charge in [-0.25, -0.2) is 8.42 Å². The van der Waals surface area contributed by atoms with Crippen LogP contribution in [0.1, 0.15) is 54.9 Å². The second-order valence-electron chi connectivity index (χ2n) is 7.32. The van der Waals surface area contributed by atoms with Crippen LogP contribution in [-0.4, -0.2) is 27.0 Å². The van der Waals surface area contributed by atoms with E-state index in [1.165, 1.54) is 18.6 Å². The molecule has 29 heavy (non-hydrogen) atoms. The SMILES string of the molecule is CCOc1ccccc1NS(=O)(=O)c1ccc(C)c(C(=O)NC2CCCCC2)c1. The lowest BCUT2D eigenvalue weighted by Crippen LogP contribution is -2.36. The molecule has 156 valence electrons. The summed E-state index contributed by atoms with van der Waals surface area (Å²) in [5.41, 5.74) is 1.49. The van der Waals surface area contributed by atoms with E-state index in [0.717, 1.165) is 31.2 Å². The van der Waals surface area contributed by atoms with E-state index in [0.29, 0.717) is 23.6 Å². The first-order valence-electron chi connectivity index (χ1n) is 10.1. The van der Waals surface area contributed by atoms with Gasteiger partial charge in [-0.15, -0.1) is 0 Å². The first kappa shape index (κ1) is 21.2. The van der Waals surface area contributed by atoms with E-state index in [1.807, 2.05) is 13.8 Å². The molecule has 0 bridgehead atoms. The first-order chi connectivity index (χ1) is 13.9. The van der Waals surface area contributed by atoms with Gasteiger partial charge in [0.1, 0.15) is 5.75 Å². The third-order valence-corrected chi connectivity index (χ3v) is 6.50. The van der Waals surface area contributed by atoms with Crippen LogP contribution >= 0.6 is 0 Å². The molecule has 1 aliphatic rings. The average Bonchev–Trinajstić information content (AvgIpc) is 2.70. The number of amides is 1. The van der Waals surface area contributed by atoms with E-state index in [9.17, 15) is 13.2 Å². The molecule has 7 heteroatoms. The number of para-hydroxylation sites is 2. The van der Waals surface area contributed by atoms with Crippen molar-refractivity contribution in [3.05, 3.63) is 53.6 Å². The number of carbonyl (C=O) groups excluding carboxylic acids is 1. The van der Waals surface area contributed by atoms with Crippen LogP contribution in [0.25, 0.3) is 0 Å². The molecule has 1 aliphatic carbocycles. The quantitative estimate of drug-likeness (QED) is 0.706. The van der Waals surface area contributed by atoms with Crippen LogP contribution in [0.4, 0.5) is 5.69 Å². The van der Waals surface area contributed by atoms with E-state index >= 15 is 0 Å². The molecule has 0 aliphatic heterocycles. The molecule has 1 saturated carbocycles. The molecule has 3 rings (SSSR count). The second kappa shape index (κ2) is 9.31. The van der Waals surface area contributed by atoms with E-state index in [1.54, 1.807) is 30.3 Å². The number of anilines is 1. The Balaban J connectivity index is 1.83. The highest BCUT2D eigenvalue weighted by molar-refractivity contribution is 7.92. The Morgan fingerprint density at radius 2 is 1.83 bits per heavy atom. The predicted octanol–water partition coefficient (Wildman–Crippen LogP) is 4.26. The smallest absolute Gasteiger partial charge is 0.262 e. The maximum atomic E-state index is 12.9. The zero-order valence-corrected chi connectivity index (χ0v) is 17.7. The van der Waals surface area contributed by atoms with Gasteiger partial charge in [-0.05, 0) is 56.5 Å². The molecule has 2 aromatic carbocycles. The van der Waals surface area contributed by atoms with Gasteiger partial charge in [-0.3, -0.25) is 9.52 Å². The van der Waals surface area contributed by atoms with Crippen LogP contribution in [0.15, 0.2) is 47.4 Å². The predicted molar refractivity (Wildman–Crippen MR) is 114 cm³/mol. The highest BCUT2D eigenvalue weighted by Gasteiger charge is 2.22. The van der Waals surface area contributed by atoms with Gasteiger partial charge in [0.25, 0.3) is 15.9 Å². The van der Waals surface area contributed by atoms with Crippen molar-refractivity contribution in [2.24, 2.45) is 0 Å². The van der Waals surface area contributed by atoms with Gasteiger partial charge in [0.05, 0.1) is 17.2 Å². The van der Waals surface area contributed by atoms with Gasteiger partial charge in [0.2, 0.25) is 0 Å². The summed E-state index contributed by atoms with van der Waals surface area (Å²) in [5, 5.41) is 3.06. The zero-order valence-electron chi connectivity index (χ0n) is 16.9. The Morgan fingerprint density at radius 3 is 2.55 bits per heavy atom. The molecule has 1 fully saturated rings. The molecule has 0 saturated heterocycles. The van der Waals surface area contributed by atoms with Crippen molar-refractivity contribution in [3.63, 3.8) is 0 Å². The van der Waals surface area contributed by atoms with Crippen molar-refractivity contribution in [1.29, 1.82) is 0 Å². The fourth-order valence-corrected chi connectivity index (χ4v) is 4.66. The second-order valence-corrected chi connectivity index (χ2v) is 9.00. The largest absolute Gasteiger partial charge is 0.492 e. The molecule has 0 atom stereocenters. The number of nitrogens with one attached hydrogen (secondary N) is 2. The van der Waals surface area contributed by atoms with Crippen molar-refractivity contribution in [2.75, 3.05) is 11.3 Å². The van der Waals surface area contributed by atoms with E-state index < -0.39 is 10.0 Å². The molecule has 1 amide bonds. The van der Waals surface area contributed by atoms with Crippen LogP contribution in [0.3, 0.4) is 0 Å². The third kappa shape index (κ3) is 5.29. The van der Waals surface area contributed by atoms with Crippen LogP contribution in [0, 0.1) is 6.92 Å². The molecular formula is C22H28N2O4S. The lowest BCUT2D eigenvalue weighted by molar-refractivity contribution is 0.0927. The maximum Gasteiger partial charge on any atom is 0.262 e. The summed E-state index contributed by atoms with van der Waals surface area (Å²) in [4.78, 5) is 12.8. The van der Waals surface area contributed by atoms with Gasteiger partial charge in [-0.1, -0.05) is 37.5 Å². The topological polar surface area (TPSA) is 84.5 Å². The fraction of sp³-hybridized carbons (Fsp3) is 0.409. The Kier molecular flexibility index (Phi) is 6.79. The number of sulfonamides is 1. The summed E-state index contributed by atoms with van der Waals surface area (Å²) in [6.45, 7) is 4.07. The van der Waals surface area contributed by atoms with Crippen molar-refractivity contribution in [3.8, 4) is 5.75 Å². The highest BCUT2D eigenvalue weighted by atomic mass is 32.2. The lowest BCUT2D eigenvalue weighted by atomic mass is 9.95. The molecule has 0 heterocycles. The van der Waals surface area contributed by atoms with E-state index in [4.69, 9.17) is 4.74 Å². The number of hydrogen-bond donors (Lipinski definition) is 2. The number of aryl methyl sites for hydroxylation is 1. The third-order valence-electron chi connectivity index (χ3n) is 5.14. The van der Waals surface area contributed by atoms with Crippen LogP contribution in [0.5, 0.6) is 5.75 Å². The van der Waals surface area contributed by atoms with Crippen molar-refractivity contribution in [1.82, 2.24) is 5.32 Å². The van der Waals surface area contributed by atoms with Gasteiger partial charge in [0.15, 0.2) is 0 Å². The first-order valence-corrected chi connectivity index (χ1v) is 11.5. The summed E-state index contributed by atoms with van der Waals surface area (Å²) in [6.07, 6.45) is 5.37. The van der Waals surface area contributed by atoms with Gasteiger partial charge >= 0.3 is 0 Å². The van der Waals surface area contributed by atoms with Gasteiger partial charge < -0.3 is 10.1 Å². The lowest BCUT2D eigenvalue weighted by Gasteiger charge is -2.23. The van der Waals surface area contributed by atoms with E-state index in [2.05, 4.69) is 10.0 Å². The Bertz CT molecular complexity index is 967. The average molecular weight is 417 g/mol. The summed E-state index contributed by atoms with van der Waals surface area (Å²) < 4.78 is 33.9. The van der Waals surface area contributed by atoms with Crippen molar-refractivity contribution in [2.45, 2.75) is 56.9 Å². The summed E-state index contributed by atoms with van der Waals surface area (Å²) >= 11 is 0. The number of carbonyl (C=O) groups is 1. The number of hydrogen-bond acceptors (Lipinski definition) is 4. The summed E-state index contributed by atoms with van der Waals surface area (Å²) in [6, 6.07) is 11.6. The number of rotatable bonds is 7. The Labute approximate surface area is 172 Å². The summed E-state index contributed by atoms with van der Waals surface area (Å²) in [5.74, 6) is 0.238. The highest BCUT2D eigenvalue weighted by Crippen LogP contribution is 2.27. The normalized spacial score (nSPS) is 15.0. The number of benzene rings is 2. The van der Waals surface area contributed by atoms with Crippen molar-refractivity contribution < 1.29 is 17.9 Å². The molecule has 2 N–H and O–H groups in total. The zero-order chi connectivity index (χ0) is 20.9. The van der Waals surface area contributed by atoms with Gasteiger partial charge in [0, 0.05) is 11.6 Å². The van der Waals surface area contributed by atoms with Gasteiger partial charge in [-0.2, -0.15) is 0 Å². The minimum Gasteiger partial charge on any atom is -0.492 e. The molecule has 0 unspecified atom stereocenters. The Morgan fingerprint density at radius 1 is 1.10 bits per heavy atom. The molecular weight excluding hydrogens is 388 g/mol. The number of ether oxygens (including phenoxy) is 1. The molecule has 2 aromatic rings. The molecule has 0 spiro atoms. The Hall–Kier alpha value is -2.54. The van der Waals surface area contributed by atoms with Crippen molar-refractivity contribution >= 4 is 21.6 Å². The minimum atomic E-state index is -3.87. The maximum absolute atomic E-state index is 12.9. The summed E-state index contributed by atoms with van der Waals surface area (Å²) in [7, 11) is -3.87. The standard InChI is InChI=1S/C22H28N2O4S/c1-3-28-21-12-8-7-11-20(21)24-29(26,27)18-14-13-16(2)19(15-18)22(25)23-17-9-5-4-6-10-17/h7-8,11-15,17,24H,3-6,9-10H2,1-2H3,(H,23,25). The van der Waals surface area contributed by atoms with Crippen LogP contribution < -0.4 is 14.8 Å². The molecule has 6 nitrogen and oxygen atoms in total.